The zero-order valence-corrected chi connectivity index (χ0v) is 20.9. The number of anilines is 1. The number of benzene rings is 1. The molecule has 3 aromatic rings. The van der Waals surface area contributed by atoms with Gasteiger partial charge in [0.1, 0.15) is 5.56 Å². The first kappa shape index (κ1) is 25.2. The Bertz CT molecular complexity index is 1230. The molecule has 0 radical (unpaired) electrons. The summed E-state index contributed by atoms with van der Waals surface area (Å²) in [5.74, 6) is 2.08. The Morgan fingerprint density at radius 2 is 2.09 bits per heavy atom. The zero-order valence-electron chi connectivity index (χ0n) is 19.2. The van der Waals surface area contributed by atoms with Crippen molar-refractivity contribution in [1.82, 2.24) is 19.9 Å². The summed E-state index contributed by atoms with van der Waals surface area (Å²) < 4.78 is 45.2. The van der Waals surface area contributed by atoms with Crippen molar-refractivity contribution in [2.45, 2.75) is 35.8 Å². The van der Waals surface area contributed by atoms with Crippen molar-refractivity contribution in [1.29, 1.82) is 0 Å². The molecule has 2 atom stereocenters. The van der Waals surface area contributed by atoms with E-state index in [1.54, 1.807) is 23.1 Å². The van der Waals surface area contributed by atoms with Crippen molar-refractivity contribution >= 4 is 37.6 Å². The van der Waals surface area contributed by atoms with Crippen LogP contribution in [0.4, 0.5) is 19.0 Å². The number of hydrogen-bond acceptors (Lipinski definition) is 7. The Morgan fingerprint density at radius 1 is 1.29 bits per heavy atom. The smallest absolute Gasteiger partial charge is 0.166 e. The number of hydrogen-bond donors (Lipinski definition) is 2. The van der Waals surface area contributed by atoms with E-state index in [1.807, 2.05) is 0 Å². The topological polar surface area (TPSA) is 106 Å². The van der Waals surface area contributed by atoms with Crippen LogP contribution in [0.2, 0.25) is 11.1 Å². The number of likely N-dealkylation sites (tertiary alicyclic amines) is 1. The van der Waals surface area contributed by atoms with Gasteiger partial charge in [-0.05, 0) is 6.07 Å². The third-order valence-corrected chi connectivity index (χ3v) is 7.28. The van der Waals surface area contributed by atoms with E-state index in [1.165, 1.54) is 12.5 Å². The van der Waals surface area contributed by atoms with Gasteiger partial charge < -0.3 is 4.74 Å². The van der Waals surface area contributed by atoms with Crippen molar-refractivity contribution in [3.05, 3.63) is 42.4 Å². The van der Waals surface area contributed by atoms with E-state index in [0.717, 1.165) is 19.6 Å². The van der Waals surface area contributed by atoms with Gasteiger partial charge in [-0.2, -0.15) is 13.2 Å². The third-order valence-electron chi connectivity index (χ3n) is 5.82. The van der Waals surface area contributed by atoms with Crippen molar-refractivity contribution in [3.8, 4) is 17.0 Å². The van der Waals surface area contributed by atoms with E-state index in [-0.39, 0.29) is 11.9 Å². The fourth-order valence-electron chi connectivity index (χ4n) is 4.08. The van der Waals surface area contributed by atoms with Crippen molar-refractivity contribution < 1.29 is 22.7 Å². The van der Waals surface area contributed by atoms with Crippen molar-refractivity contribution in [2.75, 3.05) is 25.5 Å². The predicted octanol–water partition coefficient (Wildman–Crippen LogP) is 3.23. The number of methoxy groups -OCH3 is 1. The summed E-state index contributed by atoms with van der Waals surface area (Å²) in [6, 6.07) is 5.67. The molecule has 0 aliphatic carbocycles. The Hall–Kier alpha value is -2.95. The van der Waals surface area contributed by atoms with Crippen LogP contribution in [0.15, 0.2) is 36.8 Å². The number of carbonyl (C=O) groups excluding carboxylic acids is 1. The fourth-order valence-corrected chi connectivity index (χ4v) is 5.14. The van der Waals surface area contributed by atoms with Gasteiger partial charge in [0, 0.05) is 6.20 Å². The second-order valence-corrected chi connectivity index (χ2v) is 10.1. The first-order chi connectivity index (χ1) is 16.7. The number of alkyl halides is 3. The number of ether oxygens (including phenoxy) is 1. The van der Waals surface area contributed by atoms with Crippen LogP contribution in [-0.2, 0) is 11.0 Å². The maximum Gasteiger partial charge on any atom is 0.421 e. The number of fused-ring (bicyclic) bond motifs is 1. The second kappa shape index (κ2) is 10.3. The molecule has 0 spiro atoms. The van der Waals surface area contributed by atoms with Gasteiger partial charge in [0.25, 0.3) is 0 Å². The van der Waals surface area contributed by atoms with Gasteiger partial charge in [0.2, 0.25) is 5.88 Å². The van der Waals surface area contributed by atoms with E-state index in [0.29, 0.717) is 61.2 Å². The monoisotopic (exact) mass is 554 g/mol. The molecule has 1 aromatic carbocycles. The average molecular weight is 553 g/mol. The van der Waals surface area contributed by atoms with Gasteiger partial charge >= 0.3 is 153 Å². The van der Waals surface area contributed by atoms with Gasteiger partial charge in [-0.1, -0.05) is 0 Å². The van der Waals surface area contributed by atoms with Crippen LogP contribution in [0.3, 0.4) is 0 Å². The molecular formula is C23H25F3N6O2Se. The Balaban J connectivity index is 1.60. The quantitative estimate of drug-likeness (QED) is 0.433. The first-order valence-corrected chi connectivity index (χ1v) is 13.8. The van der Waals surface area contributed by atoms with Gasteiger partial charge in [-0.25, -0.2) is 4.98 Å². The van der Waals surface area contributed by atoms with E-state index >= 15 is 0 Å². The minimum absolute atomic E-state index is 0.0282. The molecule has 2 aromatic heterocycles. The van der Waals surface area contributed by atoms with Crippen molar-refractivity contribution in [3.63, 3.8) is 0 Å². The summed E-state index contributed by atoms with van der Waals surface area (Å²) in [6.45, 7) is 1.11. The summed E-state index contributed by atoms with van der Waals surface area (Å²) in [4.78, 5) is 26.8. The minimum atomic E-state index is -4.60. The molecule has 1 fully saturated rings. The second-order valence-electron chi connectivity index (χ2n) is 8.21. The third kappa shape index (κ3) is 5.50. The number of nitrogens with one attached hydrogen (secondary N) is 1. The Labute approximate surface area is 206 Å². The summed E-state index contributed by atoms with van der Waals surface area (Å²) in [7, 11) is 1.15. The van der Waals surface area contributed by atoms with E-state index in [4.69, 9.17) is 10.5 Å². The van der Waals surface area contributed by atoms with Crippen LogP contribution in [0.1, 0.15) is 12.0 Å². The molecule has 186 valence electrons. The van der Waals surface area contributed by atoms with E-state index in [9.17, 15) is 18.0 Å². The van der Waals surface area contributed by atoms with Gasteiger partial charge in [0.05, 0.1) is 7.11 Å². The minimum Gasteiger partial charge on any atom is -0.166 e. The molecule has 0 bridgehead atoms. The molecule has 0 saturated carbocycles. The average Bonchev–Trinajstić information content (AvgIpc) is 3.31. The largest absolute Gasteiger partial charge is 0.421 e. The van der Waals surface area contributed by atoms with Crippen LogP contribution < -0.4 is 15.8 Å². The van der Waals surface area contributed by atoms with Crippen LogP contribution in [0.25, 0.3) is 22.0 Å². The molecule has 4 rings (SSSR count). The number of nitrogens with two attached hydrogens (primary N) is 1. The van der Waals surface area contributed by atoms with Gasteiger partial charge in [0.15, 0.2) is 0 Å². The molecule has 1 aliphatic heterocycles. The predicted molar refractivity (Wildman–Crippen MR) is 127 cm³/mol. The first-order valence-electron chi connectivity index (χ1n) is 10.9. The summed E-state index contributed by atoms with van der Waals surface area (Å²) in [6.07, 6.45) is -1.10. The van der Waals surface area contributed by atoms with Crippen LogP contribution in [-0.4, -0.2) is 73.0 Å². The fraction of sp³-hybridized carbons (Fsp3) is 0.391. The van der Waals surface area contributed by atoms with Crippen LogP contribution in [0, 0.1) is 0 Å². The Morgan fingerprint density at radius 3 is 2.80 bits per heavy atom. The number of pyridine rings is 1. The zero-order chi connectivity index (χ0) is 25.2. The van der Waals surface area contributed by atoms with Crippen LogP contribution >= 0.6 is 0 Å². The maximum atomic E-state index is 13.5. The molecular weight excluding hydrogens is 528 g/mol. The SMILES string of the molecule is COc1ncc(-c2ccc3ncnc(N[C@H]4CCN(C(=O)[C@@H](N)C[Se]C)C4)c3c2)cc1C(F)(F)F. The van der Waals surface area contributed by atoms with Crippen molar-refractivity contribution in [2.24, 2.45) is 5.73 Å². The molecule has 3 N–H and O–H groups in total. The standard InChI is InChI=1S/C23H25F3N6O2Se/c1-34-21-17(23(24,25)26)8-14(9-28-21)13-3-4-19-16(7-13)20(30-12-29-19)31-15-5-6-32(10-15)22(33)18(27)11-35-2/h3-4,7-9,12,15,18H,5-6,10-11,27H2,1-2H3,(H,29,30,31)/t15-,18-/m0/s1. The molecule has 35 heavy (non-hydrogen) atoms. The number of aromatic nitrogens is 3. The summed E-state index contributed by atoms with van der Waals surface area (Å²) in [5.41, 5.74) is 6.53. The number of halogens is 3. The van der Waals surface area contributed by atoms with Gasteiger partial charge in [-0.3, -0.25) is 0 Å². The molecule has 12 heteroatoms. The number of rotatable bonds is 7. The van der Waals surface area contributed by atoms with Gasteiger partial charge in [-0.15, -0.1) is 0 Å². The Kier molecular flexibility index (Phi) is 7.44. The number of nitrogens with zero attached hydrogens (tertiary/aromatic N) is 4. The summed E-state index contributed by atoms with van der Waals surface area (Å²) in [5, 5.41) is 4.74. The number of carbonyl (C=O) groups is 1. The molecule has 1 aliphatic rings. The van der Waals surface area contributed by atoms with Crippen LogP contribution in [0.5, 0.6) is 5.88 Å². The maximum absolute atomic E-state index is 13.5. The molecule has 8 nitrogen and oxygen atoms in total. The van der Waals surface area contributed by atoms with E-state index < -0.39 is 23.7 Å². The molecule has 1 amide bonds. The molecule has 1 saturated heterocycles. The summed E-state index contributed by atoms with van der Waals surface area (Å²) >= 11 is 0.324. The van der Waals surface area contributed by atoms with E-state index in [2.05, 4.69) is 26.1 Å². The normalized spacial score (nSPS) is 17.0. The molecule has 0 unspecified atom stereocenters. The number of amides is 1. The molecule has 3 heterocycles.